The normalized spacial score (nSPS) is 13.6. The van der Waals surface area contributed by atoms with Crippen LogP contribution in [0.4, 0.5) is 5.69 Å². The van der Waals surface area contributed by atoms with Gasteiger partial charge in [0, 0.05) is 16.7 Å². The lowest BCUT2D eigenvalue weighted by Crippen LogP contribution is -2.16. The van der Waals surface area contributed by atoms with Crippen LogP contribution in [0.15, 0.2) is 53.6 Å². The molecule has 3 rings (SSSR count). The highest BCUT2D eigenvalue weighted by Crippen LogP contribution is 2.34. The van der Waals surface area contributed by atoms with Crippen LogP contribution in [0, 0.1) is 0 Å². The molecule has 1 aliphatic carbocycles. The molecule has 6 heteroatoms. The first-order chi connectivity index (χ1) is 12.5. The number of amides is 1. The number of hydrogen-bond donors (Lipinski definition) is 2. The van der Waals surface area contributed by atoms with E-state index in [-0.39, 0.29) is 5.57 Å². The molecule has 134 valence electrons. The zero-order valence-electron chi connectivity index (χ0n) is 14.2. The standard InChI is InChI=1S/C20H18ClNO4/c1-26-18-8-3-2-5-13(18)12-9-10-17(16(21)11-12)22-19(23)14-6-4-7-15(14)20(24)25/h2-3,5,8-11H,4,6-7H2,1H3,(H,22,23)(H,24,25). The summed E-state index contributed by atoms with van der Waals surface area (Å²) >= 11 is 6.34. The molecule has 1 amide bonds. The van der Waals surface area contributed by atoms with Crippen molar-refractivity contribution in [1.82, 2.24) is 0 Å². The summed E-state index contributed by atoms with van der Waals surface area (Å²) < 4.78 is 5.36. The van der Waals surface area contributed by atoms with Gasteiger partial charge in [-0.1, -0.05) is 35.9 Å². The SMILES string of the molecule is COc1ccccc1-c1ccc(NC(=O)C2=C(C(=O)O)CCC2)c(Cl)c1. The number of anilines is 1. The zero-order chi connectivity index (χ0) is 18.7. The van der Waals surface area contributed by atoms with E-state index in [1.54, 1.807) is 19.2 Å². The summed E-state index contributed by atoms with van der Waals surface area (Å²) in [7, 11) is 1.60. The minimum atomic E-state index is -1.04. The highest BCUT2D eigenvalue weighted by molar-refractivity contribution is 6.34. The van der Waals surface area contributed by atoms with Crippen LogP contribution in [-0.4, -0.2) is 24.1 Å². The molecule has 0 saturated heterocycles. The van der Waals surface area contributed by atoms with Crippen LogP contribution < -0.4 is 10.1 Å². The molecule has 1 aliphatic rings. The lowest BCUT2D eigenvalue weighted by Gasteiger charge is -2.12. The number of nitrogens with one attached hydrogen (secondary N) is 1. The van der Waals surface area contributed by atoms with E-state index in [1.807, 2.05) is 30.3 Å². The van der Waals surface area contributed by atoms with Crippen LogP contribution in [-0.2, 0) is 9.59 Å². The molecule has 0 unspecified atom stereocenters. The Balaban J connectivity index is 1.86. The highest BCUT2D eigenvalue weighted by atomic mass is 35.5. The molecule has 2 N–H and O–H groups in total. The number of methoxy groups -OCH3 is 1. The minimum absolute atomic E-state index is 0.185. The number of carbonyl (C=O) groups excluding carboxylic acids is 1. The fraction of sp³-hybridized carbons (Fsp3) is 0.200. The van der Waals surface area contributed by atoms with Gasteiger partial charge in [0.1, 0.15) is 5.75 Å². The van der Waals surface area contributed by atoms with Gasteiger partial charge in [0.15, 0.2) is 0 Å². The van der Waals surface area contributed by atoms with Crippen molar-refractivity contribution in [2.75, 3.05) is 12.4 Å². The van der Waals surface area contributed by atoms with Gasteiger partial charge in [-0.05, 0) is 43.0 Å². The van der Waals surface area contributed by atoms with E-state index in [0.717, 1.165) is 16.9 Å². The van der Waals surface area contributed by atoms with E-state index in [9.17, 15) is 14.7 Å². The fourth-order valence-corrected chi connectivity index (χ4v) is 3.32. The Morgan fingerprint density at radius 2 is 1.85 bits per heavy atom. The van der Waals surface area contributed by atoms with Crippen molar-refractivity contribution in [3.63, 3.8) is 0 Å². The van der Waals surface area contributed by atoms with Gasteiger partial charge >= 0.3 is 5.97 Å². The van der Waals surface area contributed by atoms with Gasteiger partial charge in [-0.2, -0.15) is 0 Å². The van der Waals surface area contributed by atoms with Crippen molar-refractivity contribution in [2.45, 2.75) is 19.3 Å². The van der Waals surface area contributed by atoms with Crippen LogP contribution >= 0.6 is 11.6 Å². The molecule has 0 aromatic heterocycles. The number of carbonyl (C=O) groups is 2. The van der Waals surface area contributed by atoms with E-state index in [0.29, 0.717) is 35.5 Å². The average molecular weight is 372 g/mol. The van der Waals surface area contributed by atoms with Crippen molar-refractivity contribution >= 4 is 29.2 Å². The fourth-order valence-electron chi connectivity index (χ4n) is 3.10. The number of benzene rings is 2. The van der Waals surface area contributed by atoms with Crippen LogP contribution in [0.3, 0.4) is 0 Å². The van der Waals surface area contributed by atoms with Crippen molar-refractivity contribution in [2.24, 2.45) is 0 Å². The quantitative estimate of drug-likeness (QED) is 0.810. The van der Waals surface area contributed by atoms with E-state index >= 15 is 0 Å². The summed E-state index contributed by atoms with van der Waals surface area (Å²) in [5, 5.41) is 12.3. The van der Waals surface area contributed by atoms with Crippen LogP contribution in [0.2, 0.25) is 5.02 Å². The third-order valence-electron chi connectivity index (χ3n) is 4.39. The van der Waals surface area contributed by atoms with Gasteiger partial charge in [0.05, 0.1) is 17.8 Å². The van der Waals surface area contributed by atoms with E-state index in [2.05, 4.69) is 5.32 Å². The molecule has 0 spiro atoms. The predicted octanol–water partition coefficient (Wildman–Crippen LogP) is 4.52. The number of para-hydroxylation sites is 1. The smallest absolute Gasteiger partial charge is 0.332 e. The average Bonchev–Trinajstić information content (AvgIpc) is 3.13. The van der Waals surface area contributed by atoms with Gasteiger partial charge < -0.3 is 15.2 Å². The topological polar surface area (TPSA) is 75.6 Å². The summed E-state index contributed by atoms with van der Waals surface area (Å²) in [6.45, 7) is 0. The molecule has 0 aliphatic heterocycles. The molecule has 0 radical (unpaired) electrons. The molecule has 0 fully saturated rings. The van der Waals surface area contributed by atoms with Crippen molar-refractivity contribution in [3.8, 4) is 16.9 Å². The third-order valence-corrected chi connectivity index (χ3v) is 4.70. The summed E-state index contributed by atoms with van der Waals surface area (Å²) in [6.07, 6.45) is 1.55. The number of aliphatic carboxylic acids is 1. The van der Waals surface area contributed by atoms with Crippen LogP contribution in [0.5, 0.6) is 5.75 Å². The number of ether oxygens (including phenoxy) is 1. The second kappa shape index (κ2) is 7.62. The molecule has 5 nitrogen and oxygen atoms in total. The summed E-state index contributed by atoms with van der Waals surface area (Å²) in [5.74, 6) is -0.723. The molecule has 0 saturated carbocycles. The van der Waals surface area contributed by atoms with E-state index in [1.165, 1.54) is 0 Å². The van der Waals surface area contributed by atoms with Gasteiger partial charge in [-0.15, -0.1) is 0 Å². The molecule has 0 bridgehead atoms. The Bertz CT molecular complexity index is 904. The van der Waals surface area contributed by atoms with Crippen molar-refractivity contribution in [1.29, 1.82) is 0 Å². The molecule has 2 aromatic carbocycles. The van der Waals surface area contributed by atoms with E-state index < -0.39 is 11.9 Å². The lowest BCUT2D eigenvalue weighted by molar-refractivity contribution is -0.133. The Labute approximate surface area is 156 Å². The maximum absolute atomic E-state index is 12.4. The first kappa shape index (κ1) is 18.0. The maximum Gasteiger partial charge on any atom is 0.332 e. The molecule has 26 heavy (non-hydrogen) atoms. The van der Waals surface area contributed by atoms with Gasteiger partial charge in [-0.25, -0.2) is 4.79 Å². The Morgan fingerprint density at radius 3 is 2.54 bits per heavy atom. The number of carboxylic acids is 1. The summed E-state index contributed by atoms with van der Waals surface area (Å²) in [5.41, 5.74) is 2.70. The van der Waals surface area contributed by atoms with Crippen LogP contribution in [0.1, 0.15) is 19.3 Å². The maximum atomic E-state index is 12.4. The van der Waals surface area contributed by atoms with Gasteiger partial charge in [0.2, 0.25) is 0 Å². The number of halogens is 1. The molecule has 2 aromatic rings. The monoisotopic (exact) mass is 371 g/mol. The largest absolute Gasteiger partial charge is 0.496 e. The van der Waals surface area contributed by atoms with Crippen molar-refractivity contribution in [3.05, 3.63) is 58.6 Å². The first-order valence-electron chi connectivity index (χ1n) is 8.21. The Morgan fingerprint density at radius 1 is 1.12 bits per heavy atom. The zero-order valence-corrected chi connectivity index (χ0v) is 15.0. The number of hydrogen-bond acceptors (Lipinski definition) is 3. The second-order valence-electron chi connectivity index (χ2n) is 5.96. The Kier molecular flexibility index (Phi) is 5.28. The van der Waals surface area contributed by atoms with Crippen molar-refractivity contribution < 1.29 is 19.4 Å². The number of carboxylic acid groups (broad SMARTS) is 1. The highest BCUT2D eigenvalue weighted by Gasteiger charge is 2.25. The summed E-state index contributed by atoms with van der Waals surface area (Å²) in [6, 6.07) is 12.9. The molecule has 0 atom stereocenters. The van der Waals surface area contributed by atoms with Gasteiger partial charge in [0.25, 0.3) is 5.91 Å². The summed E-state index contributed by atoms with van der Waals surface area (Å²) in [4.78, 5) is 23.6. The first-order valence-corrected chi connectivity index (χ1v) is 8.58. The van der Waals surface area contributed by atoms with Crippen LogP contribution in [0.25, 0.3) is 11.1 Å². The molecular weight excluding hydrogens is 354 g/mol. The lowest BCUT2D eigenvalue weighted by atomic mass is 10.0. The molecular formula is C20H18ClNO4. The second-order valence-corrected chi connectivity index (χ2v) is 6.37. The predicted molar refractivity (Wildman–Crippen MR) is 101 cm³/mol. The minimum Gasteiger partial charge on any atom is -0.496 e. The Hall–Kier alpha value is -2.79. The van der Waals surface area contributed by atoms with E-state index in [4.69, 9.17) is 16.3 Å². The number of rotatable bonds is 5. The van der Waals surface area contributed by atoms with Gasteiger partial charge in [-0.3, -0.25) is 4.79 Å². The molecule has 0 heterocycles. The third kappa shape index (κ3) is 3.58.